The van der Waals surface area contributed by atoms with Gasteiger partial charge in [0.2, 0.25) is 0 Å². The number of rotatable bonds is 3. The van der Waals surface area contributed by atoms with Gasteiger partial charge in [0.05, 0.1) is 6.61 Å². The highest BCUT2D eigenvalue weighted by Gasteiger charge is 1.79. The summed E-state index contributed by atoms with van der Waals surface area (Å²) in [5.74, 6) is 0.778. The van der Waals surface area contributed by atoms with Crippen molar-refractivity contribution in [1.82, 2.24) is 0 Å². The largest absolute Gasteiger partial charge is 0.392 e. The molecular formula is C12H16OS. The second-order valence-electron chi connectivity index (χ2n) is 2.47. The van der Waals surface area contributed by atoms with Gasteiger partial charge in [-0.15, -0.1) is 6.58 Å². The highest BCUT2D eigenvalue weighted by molar-refractivity contribution is 7.80. The lowest BCUT2D eigenvalue weighted by atomic mass is 10.2. The topological polar surface area (TPSA) is 20.2 Å². The molecule has 0 unspecified atom stereocenters. The van der Waals surface area contributed by atoms with E-state index in [0.717, 1.165) is 11.3 Å². The number of hydrogen-bond donors (Lipinski definition) is 2. The molecule has 0 atom stereocenters. The van der Waals surface area contributed by atoms with E-state index in [1.807, 2.05) is 36.4 Å². The fourth-order valence-electron chi connectivity index (χ4n) is 0.753. The Bertz CT molecular complexity index is 254. The van der Waals surface area contributed by atoms with Crippen LogP contribution in [0.3, 0.4) is 0 Å². The first-order valence-electron chi connectivity index (χ1n) is 4.39. The Morgan fingerprint density at radius 1 is 1.29 bits per heavy atom. The van der Waals surface area contributed by atoms with Gasteiger partial charge in [-0.05, 0) is 5.56 Å². The lowest BCUT2D eigenvalue weighted by molar-refractivity contribution is 0.343. The molecule has 2 heteroatoms. The maximum absolute atomic E-state index is 8.44. The average molecular weight is 208 g/mol. The molecule has 0 saturated carbocycles. The van der Waals surface area contributed by atoms with Crippen LogP contribution in [0.1, 0.15) is 5.56 Å². The van der Waals surface area contributed by atoms with Gasteiger partial charge in [-0.25, -0.2) is 0 Å². The number of thiol groups is 1. The van der Waals surface area contributed by atoms with Crippen LogP contribution in [-0.4, -0.2) is 17.5 Å². The van der Waals surface area contributed by atoms with Gasteiger partial charge in [0, 0.05) is 5.75 Å². The molecule has 76 valence electrons. The maximum Gasteiger partial charge on any atom is 0.0615 e. The molecule has 0 radical (unpaired) electrons. The Kier molecular flexibility index (Phi) is 9.38. The molecule has 0 aromatic heterocycles. The molecule has 14 heavy (non-hydrogen) atoms. The van der Waals surface area contributed by atoms with Crippen LogP contribution in [0.5, 0.6) is 0 Å². The van der Waals surface area contributed by atoms with E-state index < -0.39 is 0 Å². The molecule has 1 aromatic rings. The molecule has 1 aromatic carbocycles. The van der Waals surface area contributed by atoms with Gasteiger partial charge in [0.1, 0.15) is 0 Å². The van der Waals surface area contributed by atoms with Crippen molar-refractivity contribution in [2.75, 3.05) is 12.4 Å². The monoisotopic (exact) mass is 208 g/mol. The standard InChI is InChI=1S/C9H10O.C3H6S/c10-8-4-7-9-5-2-1-3-6-9;1-2-3-4/h1-7,10H,8H2;2,4H,1,3H2. The summed E-state index contributed by atoms with van der Waals surface area (Å²) in [5.41, 5.74) is 1.12. The minimum absolute atomic E-state index is 0.106. The van der Waals surface area contributed by atoms with Crippen molar-refractivity contribution >= 4 is 18.7 Å². The van der Waals surface area contributed by atoms with Crippen molar-refractivity contribution in [3.63, 3.8) is 0 Å². The molecule has 0 aliphatic heterocycles. The second kappa shape index (κ2) is 10.1. The summed E-state index contributed by atoms with van der Waals surface area (Å²) in [6.45, 7) is 3.51. The van der Waals surface area contributed by atoms with Crippen LogP contribution >= 0.6 is 12.6 Å². The summed E-state index contributed by atoms with van der Waals surface area (Å²) < 4.78 is 0. The van der Waals surface area contributed by atoms with E-state index in [2.05, 4.69) is 19.2 Å². The van der Waals surface area contributed by atoms with E-state index in [1.165, 1.54) is 0 Å². The number of aliphatic hydroxyl groups excluding tert-OH is 1. The van der Waals surface area contributed by atoms with Crippen LogP contribution in [0.4, 0.5) is 0 Å². The van der Waals surface area contributed by atoms with Crippen LogP contribution in [0, 0.1) is 0 Å². The lowest BCUT2D eigenvalue weighted by Crippen LogP contribution is -1.72. The zero-order valence-electron chi connectivity index (χ0n) is 8.13. The predicted molar refractivity (Wildman–Crippen MR) is 66.6 cm³/mol. The summed E-state index contributed by atoms with van der Waals surface area (Å²) >= 11 is 3.80. The van der Waals surface area contributed by atoms with Crippen molar-refractivity contribution in [3.05, 3.63) is 54.6 Å². The summed E-state index contributed by atoms with van der Waals surface area (Å²) in [4.78, 5) is 0. The Labute approximate surface area is 91.2 Å². The van der Waals surface area contributed by atoms with Crippen molar-refractivity contribution < 1.29 is 5.11 Å². The van der Waals surface area contributed by atoms with Gasteiger partial charge in [0.25, 0.3) is 0 Å². The first-order valence-corrected chi connectivity index (χ1v) is 5.02. The Hall–Kier alpha value is -0.990. The summed E-state index contributed by atoms with van der Waals surface area (Å²) in [5, 5.41) is 8.44. The zero-order valence-corrected chi connectivity index (χ0v) is 9.03. The minimum atomic E-state index is 0.106. The smallest absolute Gasteiger partial charge is 0.0615 e. The lowest BCUT2D eigenvalue weighted by Gasteiger charge is -1.88. The number of aliphatic hydroxyl groups is 1. The minimum Gasteiger partial charge on any atom is -0.392 e. The van der Waals surface area contributed by atoms with E-state index in [-0.39, 0.29) is 6.61 Å². The average Bonchev–Trinajstić information content (AvgIpc) is 2.28. The fraction of sp³-hybridized carbons (Fsp3) is 0.167. The van der Waals surface area contributed by atoms with Gasteiger partial charge in [-0.2, -0.15) is 12.6 Å². The molecule has 0 heterocycles. The van der Waals surface area contributed by atoms with Crippen LogP contribution in [0.15, 0.2) is 49.1 Å². The highest BCUT2D eigenvalue weighted by Crippen LogP contribution is 1.99. The van der Waals surface area contributed by atoms with E-state index in [1.54, 1.807) is 12.2 Å². The highest BCUT2D eigenvalue weighted by atomic mass is 32.1. The van der Waals surface area contributed by atoms with Crippen LogP contribution < -0.4 is 0 Å². The summed E-state index contributed by atoms with van der Waals surface area (Å²) in [6, 6.07) is 9.89. The van der Waals surface area contributed by atoms with Crippen molar-refractivity contribution in [2.45, 2.75) is 0 Å². The molecular weight excluding hydrogens is 192 g/mol. The van der Waals surface area contributed by atoms with Crippen molar-refractivity contribution in [3.8, 4) is 0 Å². The third-order valence-corrected chi connectivity index (χ3v) is 1.60. The number of hydrogen-bond acceptors (Lipinski definition) is 2. The normalized spacial score (nSPS) is 9.29. The van der Waals surface area contributed by atoms with E-state index in [0.29, 0.717) is 0 Å². The predicted octanol–water partition coefficient (Wildman–Crippen LogP) is 2.79. The first-order chi connectivity index (χ1) is 6.85. The molecule has 0 spiro atoms. The van der Waals surface area contributed by atoms with Gasteiger partial charge in [-0.1, -0.05) is 48.6 Å². The van der Waals surface area contributed by atoms with Gasteiger partial charge >= 0.3 is 0 Å². The zero-order chi connectivity index (χ0) is 10.6. The van der Waals surface area contributed by atoms with Gasteiger partial charge in [0.15, 0.2) is 0 Å². The molecule has 0 bridgehead atoms. The van der Waals surface area contributed by atoms with E-state index in [4.69, 9.17) is 5.11 Å². The molecule has 0 saturated heterocycles. The molecule has 1 rings (SSSR count). The Morgan fingerprint density at radius 3 is 2.29 bits per heavy atom. The molecule has 1 N–H and O–H groups in total. The van der Waals surface area contributed by atoms with Gasteiger partial charge < -0.3 is 5.11 Å². The first kappa shape index (κ1) is 13.0. The Balaban J connectivity index is 0.000000364. The van der Waals surface area contributed by atoms with Crippen molar-refractivity contribution in [1.29, 1.82) is 0 Å². The molecule has 0 amide bonds. The van der Waals surface area contributed by atoms with Crippen LogP contribution in [-0.2, 0) is 0 Å². The second-order valence-corrected chi connectivity index (χ2v) is 2.83. The molecule has 0 fully saturated rings. The third kappa shape index (κ3) is 7.65. The SMILES string of the molecule is C=CCS.OCC=Cc1ccccc1. The van der Waals surface area contributed by atoms with E-state index >= 15 is 0 Å². The Morgan fingerprint density at radius 2 is 1.86 bits per heavy atom. The molecule has 0 aliphatic carbocycles. The maximum atomic E-state index is 8.44. The summed E-state index contributed by atoms with van der Waals surface area (Å²) in [6.07, 6.45) is 5.35. The van der Waals surface area contributed by atoms with Gasteiger partial charge in [-0.3, -0.25) is 0 Å². The third-order valence-electron chi connectivity index (χ3n) is 1.34. The molecule has 1 nitrogen and oxygen atoms in total. The van der Waals surface area contributed by atoms with Crippen LogP contribution in [0.2, 0.25) is 0 Å². The quantitative estimate of drug-likeness (QED) is 0.578. The number of benzene rings is 1. The molecule has 0 aliphatic rings. The fourth-order valence-corrected chi connectivity index (χ4v) is 0.753. The van der Waals surface area contributed by atoms with E-state index in [9.17, 15) is 0 Å². The van der Waals surface area contributed by atoms with Crippen LogP contribution in [0.25, 0.3) is 6.08 Å². The van der Waals surface area contributed by atoms with Crippen molar-refractivity contribution in [2.24, 2.45) is 0 Å². The summed E-state index contributed by atoms with van der Waals surface area (Å²) in [7, 11) is 0.